The largest absolute Gasteiger partial charge is 0.478 e. The SMILES string of the molecule is CC(Nc1ccc(S(=O)(=O)NCC2CCCO2)cc1C(=O)O)c1ccccc1. The second-order valence-corrected chi connectivity index (χ2v) is 8.54. The summed E-state index contributed by atoms with van der Waals surface area (Å²) in [7, 11) is -3.82. The van der Waals surface area contributed by atoms with E-state index in [1.807, 2.05) is 37.3 Å². The summed E-state index contributed by atoms with van der Waals surface area (Å²) in [6.45, 7) is 2.72. The van der Waals surface area contributed by atoms with E-state index in [1.54, 1.807) is 0 Å². The molecule has 1 saturated heterocycles. The molecule has 0 amide bonds. The van der Waals surface area contributed by atoms with E-state index in [1.165, 1.54) is 18.2 Å². The first-order chi connectivity index (χ1) is 13.4. The zero-order valence-corrected chi connectivity index (χ0v) is 16.4. The van der Waals surface area contributed by atoms with Crippen LogP contribution in [0.2, 0.25) is 0 Å². The Labute approximate surface area is 164 Å². The van der Waals surface area contributed by atoms with Gasteiger partial charge in [-0.05, 0) is 43.5 Å². The molecule has 0 saturated carbocycles. The maximum absolute atomic E-state index is 12.5. The fourth-order valence-corrected chi connectivity index (χ4v) is 4.24. The summed E-state index contributed by atoms with van der Waals surface area (Å²) in [5, 5.41) is 12.7. The Kier molecular flexibility index (Phi) is 6.33. The van der Waals surface area contributed by atoms with Crippen LogP contribution in [-0.4, -0.2) is 38.7 Å². The monoisotopic (exact) mass is 404 g/mol. The molecule has 2 aromatic rings. The summed E-state index contributed by atoms with van der Waals surface area (Å²) in [4.78, 5) is 11.6. The van der Waals surface area contributed by atoms with Crippen molar-refractivity contribution in [3.05, 3.63) is 59.7 Å². The van der Waals surface area contributed by atoms with Crippen LogP contribution in [0.15, 0.2) is 53.4 Å². The van der Waals surface area contributed by atoms with Crippen molar-refractivity contribution < 1.29 is 23.1 Å². The Morgan fingerprint density at radius 1 is 1.25 bits per heavy atom. The van der Waals surface area contributed by atoms with Crippen molar-refractivity contribution in [3.8, 4) is 0 Å². The number of nitrogens with one attached hydrogen (secondary N) is 2. The number of ether oxygens (including phenoxy) is 1. The zero-order chi connectivity index (χ0) is 20.1. The molecular formula is C20H24N2O5S. The number of rotatable bonds is 8. The summed E-state index contributed by atoms with van der Waals surface area (Å²) in [5.41, 5.74) is 1.26. The first-order valence-corrected chi connectivity index (χ1v) is 10.7. The molecule has 0 spiro atoms. The van der Waals surface area contributed by atoms with Crippen molar-refractivity contribution in [1.29, 1.82) is 0 Å². The van der Waals surface area contributed by atoms with E-state index < -0.39 is 16.0 Å². The van der Waals surface area contributed by atoms with Crippen LogP contribution in [-0.2, 0) is 14.8 Å². The third-order valence-electron chi connectivity index (χ3n) is 4.73. The maximum Gasteiger partial charge on any atom is 0.337 e. The van der Waals surface area contributed by atoms with Gasteiger partial charge in [0.15, 0.2) is 0 Å². The number of hydrogen-bond donors (Lipinski definition) is 3. The molecule has 0 radical (unpaired) electrons. The van der Waals surface area contributed by atoms with Crippen LogP contribution in [0, 0.1) is 0 Å². The van der Waals surface area contributed by atoms with Crippen molar-refractivity contribution >= 4 is 21.7 Å². The zero-order valence-electron chi connectivity index (χ0n) is 15.6. The number of hydrogen-bond acceptors (Lipinski definition) is 5. The van der Waals surface area contributed by atoms with Crippen LogP contribution in [0.5, 0.6) is 0 Å². The normalized spacial score (nSPS) is 18.0. The summed E-state index contributed by atoms with van der Waals surface area (Å²) < 4.78 is 33.0. The van der Waals surface area contributed by atoms with Crippen LogP contribution >= 0.6 is 0 Å². The summed E-state index contributed by atoms with van der Waals surface area (Å²) in [6.07, 6.45) is 1.58. The molecule has 8 heteroatoms. The van der Waals surface area contributed by atoms with Gasteiger partial charge in [-0.3, -0.25) is 0 Å². The molecule has 1 aliphatic heterocycles. The minimum atomic E-state index is -3.82. The standard InChI is InChI=1S/C20H24N2O5S/c1-14(15-6-3-2-4-7-15)22-19-10-9-17(12-18(19)20(23)24)28(25,26)21-13-16-8-5-11-27-16/h2-4,6-7,9-10,12,14,16,21-22H,5,8,11,13H2,1H3,(H,23,24). The van der Waals surface area contributed by atoms with Gasteiger partial charge >= 0.3 is 5.97 Å². The van der Waals surface area contributed by atoms with Gasteiger partial charge < -0.3 is 15.2 Å². The average Bonchev–Trinajstić information content (AvgIpc) is 3.21. The van der Waals surface area contributed by atoms with Gasteiger partial charge in [0.25, 0.3) is 0 Å². The molecule has 150 valence electrons. The number of sulfonamides is 1. The first kappa shape index (κ1) is 20.3. The molecule has 0 aliphatic carbocycles. The van der Waals surface area contributed by atoms with Crippen LogP contribution in [0.25, 0.3) is 0 Å². The van der Waals surface area contributed by atoms with Crippen molar-refractivity contribution in [3.63, 3.8) is 0 Å². The predicted octanol–water partition coefficient (Wildman–Crippen LogP) is 3.02. The number of benzene rings is 2. The van der Waals surface area contributed by atoms with Gasteiger partial charge in [-0.25, -0.2) is 17.9 Å². The van der Waals surface area contributed by atoms with E-state index in [-0.39, 0.29) is 29.1 Å². The molecule has 28 heavy (non-hydrogen) atoms. The summed E-state index contributed by atoms with van der Waals surface area (Å²) in [6, 6.07) is 13.5. The number of anilines is 1. The molecule has 2 atom stereocenters. The molecule has 3 N–H and O–H groups in total. The molecule has 0 bridgehead atoms. The van der Waals surface area contributed by atoms with Gasteiger partial charge in [-0.2, -0.15) is 0 Å². The third-order valence-corrected chi connectivity index (χ3v) is 6.15. The molecule has 1 aliphatic rings. The lowest BCUT2D eigenvalue weighted by Crippen LogP contribution is -2.32. The third kappa shape index (κ3) is 4.89. The average molecular weight is 404 g/mol. The van der Waals surface area contributed by atoms with E-state index >= 15 is 0 Å². The van der Waals surface area contributed by atoms with E-state index in [9.17, 15) is 18.3 Å². The molecule has 7 nitrogen and oxygen atoms in total. The van der Waals surface area contributed by atoms with E-state index in [4.69, 9.17) is 4.74 Å². The van der Waals surface area contributed by atoms with Crippen LogP contribution in [0.1, 0.15) is 41.7 Å². The Morgan fingerprint density at radius 2 is 2.00 bits per heavy atom. The van der Waals surface area contributed by atoms with Crippen LogP contribution < -0.4 is 10.0 Å². The van der Waals surface area contributed by atoms with Gasteiger partial charge in [-0.1, -0.05) is 30.3 Å². The number of carboxylic acid groups (broad SMARTS) is 1. The number of aromatic carboxylic acids is 1. The summed E-state index contributed by atoms with van der Waals surface area (Å²) >= 11 is 0. The molecular weight excluding hydrogens is 380 g/mol. The fourth-order valence-electron chi connectivity index (χ4n) is 3.14. The minimum absolute atomic E-state index is 0.0826. The molecule has 3 rings (SSSR count). The van der Waals surface area contributed by atoms with Crippen molar-refractivity contribution in [2.24, 2.45) is 0 Å². The topological polar surface area (TPSA) is 105 Å². The lowest BCUT2D eigenvalue weighted by molar-refractivity contribution is 0.0697. The van der Waals surface area contributed by atoms with Gasteiger partial charge in [-0.15, -0.1) is 0 Å². The van der Waals surface area contributed by atoms with Crippen molar-refractivity contribution in [2.45, 2.75) is 36.8 Å². The minimum Gasteiger partial charge on any atom is -0.478 e. The Morgan fingerprint density at radius 3 is 2.64 bits per heavy atom. The van der Waals surface area contributed by atoms with E-state index in [0.717, 1.165) is 18.4 Å². The van der Waals surface area contributed by atoms with Gasteiger partial charge in [0.2, 0.25) is 10.0 Å². The first-order valence-electron chi connectivity index (χ1n) is 9.17. The Hall–Kier alpha value is -2.42. The summed E-state index contributed by atoms with van der Waals surface area (Å²) in [5.74, 6) is -1.20. The number of carbonyl (C=O) groups is 1. The highest BCUT2D eigenvalue weighted by atomic mass is 32.2. The molecule has 2 aromatic carbocycles. The fraction of sp³-hybridized carbons (Fsp3) is 0.350. The highest BCUT2D eigenvalue weighted by Gasteiger charge is 2.22. The van der Waals surface area contributed by atoms with E-state index in [0.29, 0.717) is 12.3 Å². The second kappa shape index (κ2) is 8.72. The predicted molar refractivity (Wildman–Crippen MR) is 106 cm³/mol. The lowest BCUT2D eigenvalue weighted by Gasteiger charge is -2.18. The molecule has 0 aromatic heterocycles. The van der Waals surface area contributed by atoms with E-state index in [2.05, 4.69) is 10.0 Å². The van der Waals surface area contributed by atoms with Gasteiger partial charge in [0.05, 0.1) is 16.6 Å². The second-order valence-electron chi connectivity index (χ2n) is 6.78. The van der Waals surface area contributed by atoms with Crippen molar-refractivity contribution in [2.75, 3.05) is 18.5 Å². The Balaban J connectivity index is 1.79. The Bertz CT molecular complexity index is 925. The highest BCUT2D eigenvalue weighted by molar-refractivity contribution is 7.89. The van der Waals surface area contributed by atoms with Crippen LogP contribution in [0.4, 0.5) is 5.69 Å². The molecule has 2 unspecified atom stereocenters. The quantitative estimate of drug-likeness (QED) is 0.625. The van der Waals surface area contributed by atoms with Crippen molar-refractivity contribution in [1.82, 2.24) is 4.72 Å². The maximum atomic E-state index is 12.5. The molecule has 1 fully saturated rings. The lowest BCUT2D eigenvalue weighted by atomic mass is 10.1. The molecule has 1 heterocycles. The number of carboxylic acids is 1. The van der Waals surface area contributed by atoms with Crippen LogP contribution in [0.3, 0.4) is 0 Å². The smallest absolute Gasteiger partial charge is 0.337 e. The van der Waals surface area contributed by atoms with Gasteiger partial charge in [0, 0.05) is 24.9 Å². The van der Waals surface area contributed by atoms with Gasteiger partial charge in [0.1, 0.15) is 0 Å². The highest BCUT2D eigenvalue weighted by Crippen LogP contribution is 2.25.